The van der Waals surface area contributed by atoms with E-state index >= 15 is 0 Å². The zero-order valence-corrected chi connectivity index (χ0v) is 13.5. The van der Waals surface area contributed by atoms with E-state index in [2.05, 4.69) is 0 Å². The zero-order chi connectivity index (χ0) is 16.7. The van der Waals surface area contributed by atoms with Gasteiger partial charge in [0, 0.05) is 12.1 Å². The number of carbonyl (C=O) groups is 3. The SMILES string of the molecule is CC(C)N(C(=O)C(=O)COC(=O)Cc1ccccc1)C(C)C. The molecule has 0 unspecified atom stereocenters. The van der Waals surface area contributed by atoms with E-state index in [1.807, 2.05) is 45.9 Å². The Balaban J connectivity index is 2.51. The second kappa shape index (κ2) is 8.32. The van der Waals surface area contributed by atoms with Crippen LogP contribution in [0.1, 0.15) is 33.3 Å². The highest BCUT2D eigenvalue weighted by Gasteiger charge is 2.26. The predicted octanol–water partition coefficient (Wildman–Crippen LogP) is 1.99. The van der Waals surface area contributed by atoms with Gasteiger partial charge in [0.15, 0.2) is 6.61 Å². The lowest BCUT2D eigenvalue weighted by Crippen LogP contribution is -2.46. The summed E-state index contributed by atoms with van der Waals surface area (Å²) in [5.41, 5.74) is 0.803. The van der Waals surface area contributed by atoms with Crippen molar-refractivity contribution >= 4 is 17.7 Å². The molecule has 0 bridgehead atoms. The average molecular weight is 305 g/mol. The number of ether oxygens (including phenoxy) is 1. The summed E-state index contributed by atoms with van der Waals surface area (Å²) in [6, 6.07) is 8.92. The molecule has 0 spiro atoms. The summed E-state index contributed by atoms with van der Waals surface area (Å²) in [5.74, 6) is -1.84. The molecule has 0 aromatic heterocycles. The molecule has 0 aliphatic carbocycles. The minimum Gasteiger partial charge on any atom is -0.457 e. The van der Waals surface area contributed by atoms with Gasteiger partial charge in [0.05, 0.1) is 6.42 Å². The molecule has 5 heteroatoms. The molecule has 1 aromatic rings. The van der Waals surface area contributed by atoms with Crippen molar-refractivity contribution in [2.75, 3.05) is 6.61 Å². The van der Waals surface area contributed by atoms with Crippen LogP contribution < -0.4 is 0 Å². The van der Waals surface area contributed by atoms with Crippen LogP contribution in [-0.2, 0) is 25.5 Å². The lowest BCUT2D eigenvalue weighted by Gasteiger charge is -2.29. The van der Waals surface area contributed by atoms with E-state index in [9.17, 15) is 14.4 Å². The number of hydrogen-bond acceptors (Lipinski definition) is 4. The molecule has 0 fully saturated rings. The van der Waals surface area contributed by atoms with Crippen molar-refractivity contribution in [1.82, 2.24) is 4.90 Å². The fraction of sp³-hybridized carbons (Fsp3) is 0.471. The Morgan fingerprint density at radius 1 is 1.00 bits per heavy atom. The minimum atomic E-state index is -0.705. The molecule has 0 saturated carbocycles. The van der Waals surface area contributed by atoms with Crippen LogP contribution >= 0.6 is 0 Å². The Bertz CT molecular complexity index is 515. The maximum atomic E-state index is 12.1. The van der Waals surface area contributed by atoms with Gasteiger partial charge in [0.2, 0.25) is 0 Å². The number of rotatable bonds is 7. The summed E-state index contributed by atoms with van der Waals surface area (Å²) in [6.07, 6.45) is 0.0837. The Labute approximate surface area is 131 Å². The van der Waals surface area contributed by atoms with Gasteiger partial charge in [0.1, 0.15) is 0 Å². The van der Waals surface area contributed by atoms with Gasteiger partial charge in [-0.05, 0) is 33.3 Å². The van der Waals surface area contributed by atoms with Gasteiger partial charge in [-0.1, -0.05) is 30.3 Å². The van der Waals surface area contributed by atoms with Gasteiger partial charge < -0.3 is 9.64 Å². The zero-order valence-electron chi connectivity index (χ0n) is 13.5. The molecule has 120 valence electrons. The smallest absolute Gasteiger partial charge is 0.310 e. The highest BCUT2D eigenvalue weighted by molar-refractivity contribution is 6.36. The number of amides is 1. The average Bonchev–Trinajstić information content (AvgIpc) is 2.45. The van der Waals surface area contributed by atoms with E-state index in [0.717, 1.165) is 5.56 Å². The molecule has 5 nitrogen and oxygen atoms in total. The summed E-state index contributed by atoms with van der Waals surface area (Å²) in [6.45, 7) is 6.85. The van der Waals surface area contributed by atoms with Gasteiger partial charge in [-0.3, -0.25) is 14.4 Å². The molecule has 1 rings (SSSR count). The quantitative estimate of drug-likeness (QED) is 0.571. The molecule has 0 N–H and O–H groups in total. The molecule has 1 amide bonds. The molecule has 0 saturated heterocycles. The third-order valence-corrected chi connectivity index (χ3v) is 3.14. The molecular weight excluding hydrogens is 282 g/mol. The van der Waals surface area contributed by atoms with Crippen molar-refractivity contribution < 1.29 is 19.1 Å². The van der Waals surface area contributed by atoms with Gasteiger partial charge in [-0.15, -0.1) is 0 Å². The molecule has 0 radical (unpaired) electrons. The molecule has 0 atom stereocenters. The molecule has 0 aliphatic rings. The van der Waals surface area contributed by atoms with Crippen molar-refractivity contribution in [2.45, 2.75) is 46.2 Å². The highest BCUT2D eigenvalue weighted by Crippen LogP contribution is 2.06. The first-order valence-corrected chi connectivity index (χ1v) is 7.38. The molecule has 0 aliphatic heterocycles. The molecule has 22 heavy (non-hydrogen) atoms. The Morgan fingerprint density at radius 3 is 2.05 bits per heavy atom. The van der Waals surface area contributed by atoms with Crippen LogP contribution in [0.15, 0.2) is 30.3 Å². The van der Waals surface area contributed by atoms with Crippen molar-refractivity contribution in [2.24, 2.45) is 0 Å². The van der Waals surface area contributed by atoms with Crippen LogP contribution in [0, 0.1) is 0 Å². The number of ketones is 1. The van der Waals surface area contributed by atoms with Gasteiger partial charge in [-0.25, -0.2) is 0 Å². The van der Waals surface area contributed by atoms with Gasteiger partial charge in [-0.2, -0.15) is 0 Å². The van der Waals surface area contributed by atoms with E-state index < -0.39 is 24.3 Å². The second-order valence-corrected chi connectivity index (χ2v) is 5.65. The topological polar surface area (TPSA) is 63.7 Å². The first kappa shape index (κ1) is 17.9. The first-order chi connectivity index (χ1) is 10.3. The lowest BCUT2D eigenvalue weighted by atomic mass is 10.1. The number of benzene rings is 1. The van der Waals surface area contributed by atoms with E-state index in [-0.39, 0.29) is 18.5 Å². The summed E-state index contributed by atoms with van der Waals surface area (Å²) in [5, 5.41) is 0. The maximum Gasteiger partial charge on any atom is 0.310 e. The third kappa shape index (κ3) is 5.31. The van der Waals surface area contributed by atoms with Crippen LogP contribution in [-0.4, -0.2) is 41.3 Å². The second-order valence-electron chi connectivity index (χ2n) is 5.65. The Morgan fingerprint density at radius 2 is 1.55 bits per heavy atom. The third-order valence-electron chi connectivity index (χ3n) is 3.14. The number of nitrogens with zero attached hydrogens (tertiary/aromatic N) is 1. The van der Waals surface area contributed by atoms with Crippen LogP contribution in [0.2, 0.25) is 0 Å². The number of hydrogen-bond donors (Lipinski definition) is 0. The molecule has 1 aromatic carbocycles. The highest BCUT2D eigenvalue weighted by atomic mass is 16.5. The van der Waals surface area contributed by atoms with Crippen molar-refractivity contribution in [3.63, 3.8) is 0 Å². The van der Waals surface area contributed by atoms with E-state index in [0.29, 0.717) is 0 Å². The fourth-order valence-corrected chi connectivity index (χ4v) is 2.23. The summed E-state index contributed by atoms with van der Waals surface area (Å²) in [4.78, 5) is 37.1. The largest absolute Gasteiger partial charge is 0.457 e. The van der Waals surface area contributed by atoms with E-state index in [4.69, 9.17) is 4.74 Å². The van der Waals surface area contributed by atoms with Crippen molar-refractivity contribution in [1.29, 1.82) is 0 Å². The molecule has 0 heterocycles. The molecular formula is C17H23NO4. The monoisotopic (exact) mass is 305 g/mol. The Kier molecular flexibility index (Phi) is 6.76. The number of Topliss-reactive ketones (excluding diaryl/α,β-unsaturated/α-hetero) is 1. The maximum absolute atomic E-state index is 12.1. The van der Waals surface area contributed by atoms with E-state index in [1.54, 1.807) is 12.1 Å². The summed E-state index contributed by atoms with van der Waals surface area (Å²) < 4.78 is 4.90. The van der Waals surface area contributed by atoms with Crippen LogP contribution in [0.25, 0.3) is 0 Å². The Hall–Kier alpha value is -2.17. The van der Waals surface area contributed by atoms with Gasteiger partial charge >= 0.3 is 5.97 Å². The number of esters is 1. The summed E-state index contributed by atoms with van der Waals surface area (Å²) >= 11 is 0. The van der Waals surface area contributed by atoms with Crippen LogP contribution in [0.4, 0.5) is 0 Å². The van der Waals surface area contributed by atoms with E-state index in [1.165, 1.54) is 4.90 Å². The summed E-state index contributed by atoms with van der Waals surface area (Å²) in [7, 11) is 0. The van der Waals surface area contributed by atoms with Crippen LogP contribution in [0.3, 0.4) is 0 Å². The minimum absolute atomic E-state index is 0.0837. The van der Waals surface area contributed by atoms with Gasteiger partial charge in [0.25, 0.3) is 11.7 Å². The van der Waals surface area contributed by atoms with Crippen molar-refractivity contribution in [3.8, 4) is 0 Å². The predicted molar refractivity (Wildman–Crippen MR) is 83.2 cm³/mol. The van der Waals surface area contributed by atoms with Crippen molar-refractivity contribution in [3.05, 3.63) is 35.9 Å². The lowest BCUT2D eigenvalue weighted by molar-refractivity contribution is -0.154. The number of carbonyl (C=O) groups excluding carboxylic acids is 3. The normalized spacial score (nSPS) is 10.6. The standard InChI is InChI=1S/C17H23NO4/c1-12(2)18(13(3)4)17(21)15(19)11-22-16(20)10-14-8-6-5-7-9-14/h5-9,12-13H,10-11H2,1-4H3. The first-order valence-electron chi connectivity index (χ1n) is 7.38. The fourth-order valence-electron chi connectivity index (χ4n) is 2.23. The van der Waals surface area contributed by atoms with Crippen LogP contribution in [0.5, 0.6) is 0 Å².